The largest absolute Gasteiger partial charge is 0.458 e. The van der Waals surface area contributed by atoms with Gasteiger partial charge in [-0.3, -0.25) is 9.59 Å². The van der Waals surface area contributed by atoms with E-state index in [0.717, 1.165) is 12.8 Å². The molecule has 2 heterocycles. The summed E-state index contributed by atoms with van der Waals surface area (Å²) < 4.78 is 10.7. The number of carbonyl (C=O) groups is 2. The summed E-state index contributed by atoms with van der Waals surface area (Å²) >= 11 is 0. The summed E-state index contributed by atoms with van der Waals surface area (Å²) in [4.78, 5) is 27.1. The monoisotopic (exact) mass is 309 g/mol. The smallest absolute Gasteiger partial charge is 0.238 e. The molecule has 2 aliphatic heterocycles. The summed E-state index contributed by atoms with van der Waals surface area (Å²) in [7, 11) is 0. The van der Waals surface area contributed by atoms with Crippen molar-refractivity contribution in [2.24, 2.45) is 23.7 Å². The van der Waals surface area contributed by atoms with Crippen LogP contribution in [0.25, 0.3) is 0 Å². The molecule has 1 saturated carbocycles. The molecule has 4 atom stereocenters. The summed E-state index contributed by atoms with van der Waals surface area (Å²) in [6, 6.07) is 5.16. The van der Waals surface area contributed by atoms with Crippen molar-refractivity contribution >= 4 is 17.5 Å². The van der Waals surface area contributed by atoms with Crippen LogP contribution in [0.4, 0.5) is 5.69 Å². The Morgan fingerprint density at radius 3 is 2.09 bits per heavy atom. The number of hydrogen-bond donors (Lipinski definition) is 0. The minimum atomic E-state index is -0.195. The molecule has 3 aliphatic carbocycles. The number of ether oxygens (including phenoxy) is 2. The van der Waals surface area contributed by atoms with Gasteiger partial charge in [-0.2, -0.15) is 0 Å². The van der Waals surface area contributed by atoms with Crippen LogP contribution < -0.4 is 14.4 Å². The fraction of sp³-hybridized carbons (Fsp3) is 0.333. The van der Waals surface area contributed by atoms with Crippen LogP contribution in [0.3, 0.4) is 0 Å². The quantitative estimate of drug-likeness (QED) is 0.591. The van der Waals surface area contributed by atoms with Gasteiger partial charge in [-0.25, -0.2) is 4.90 Å². The minimum absolute atomic E-state index is 0.0775. The van der Waals surface area contributed by atoms with Gasteiger partial charge in [0.15, 0.2) is 11.5 Å². The molecule has 1 aromatic rings. The Kier molecular flexibility index (Phi) is 2.52. The van der Waals surface area contributed by atoms with E-state index >= 15 is 0 Å². The average molecular weight is 309 g/mol. The first-order valence-corrected chi connectivity index (χ1v) is 7.92. The Labute approximate surface area is 133 Å². The van der Waals surface area contributed by atoms with E-state index in [-0.39, 0.29) is 35.5 Å². The Morgan fingerprint density at radius 1 is 0.870 bits per heavy atom. The zero-order valence-electron chi connectivity index (χ0n) is 12.3. The third-order valence-corrected chi connectivity index (χ3v) is 5.39. The molecule has 116 valence electrons. The van der Waals surface area contributed by atoms with E-state index in [1.165, 1.54) is 17.4 Å². The highest BCUT2D eigenvalue weighted by atomic mass is 16.5. The fourth-order valence-corrected chi connectivity index (χ4v) is 4.36. The van der Waals surface area contributed by atoms with Gasteiger partial charge < -0.3 is 9.47 Å². The summed E-state index contributed by atoms with van der Waals surface area (Å²) in [6.45, 7) is 0. The molecule has 6 rings (SSSR count). The second kappa shape index (κ2) is 4.47. The third-order valence-electron chi connectivity index (χ3n) is 5.39. The zero-order chi connectivity index (χ0) is 15.6. The van der Waals surface area contributed by atoms with Gasteiger partial charge >= 0.3 is 0 Å². The Bertz CT molecular complexity index is 749. The Hall–Kier alpha value is -2.56. The van der Waals surface area contributed by atoms with Crippen LogP contribution in [-0.4, -0.2) is 11.8 Å². The standard InChI is InChI=1S/C18H15NO4/c20-17-15-10-1-2-11(4-3-10)16(15)18(21)19(17)12-5-6-13-14(9-12)23-8-7-22-13/h1-2,5-11,15-16H,3-4H2. The maximum atomic E-state index is 12.9. The number of imide groups is 1. The number of anilines is 1. The van der Waals surface area contributed by atoms with Gasteiger partial charge in [0, 0.05) is 6.07 Å². The van der Waals surface area contributed by atoms with E-state index in [9.17, 15) is 9.59 Å². The lowest BCUT2D eigenvalue weighted by Gasteiger charge is -2.38. The summed E-state index contributed by atoms with van der Waals surface area (Å²) in [5.41, 5.74) is 0.562. The first-order valence-electron chi connectivity index (χ1n) is 7.92. The highest BCUT2D eigenvalue weighted by molar-refractivity contribution is 6.22. The van der Waals surface area contributed by atoms with Gasteiger partial charge in [0.2, 0.25) is 11.8 Å². The topological polar surface area (TPSA) is 55.8 Å². The minimum Gasteiger partial charge on any atom is -0.458 e. The van der Waals surface area contributed by atoms with E-state index < -0.39 is 0 Å². The molecule has 2 bridgehead atoms. The molecule has 5 nitrogen and oxygen atoms in total. The zero-order valence-corrected chi connectivity index (χ0v) is 12.3. The molecular formula is C18H15NO4. The molecule has 5 aliphatic rings. The molecule has 0 spiro atoms. The van der Waals surface area contributed by atoms with Crippen molar-refractivity contribution in [3.8, 4) is 11.5 Å². The average Bonchev–Trinajstić information content (AvgIpc) is 2.89. The van der Waals surface area contributed by atoms with E-state index in [0.29, 0.717) is 17.2 Å². The molecule has 5 heteroatoms. The van der Waals surface area contributed by atoms with Crippen molar-refractivity contribution in [3.05, 3.63) is 42.9 Å². The molecule has 0 N–H and O–H groups in total. The van der Waals surface area contributed by atoms with E-state index in [1.807, 2.05) is 0 Å². The van der Waals surface area contributed by atoms with Gasteiger partial charge in [0.05, 0.1) is 17.5 Å². The first kappa shape index (κ1) is 12.9. The predicted octanol–water partition coefficient (Wildman–Crippen LogP) is 2.63. The van der Waals surface area contributed by atoms with Crippen LogP contribution >= 0.6 is 0 Å². The summed E-state index contributed by atoms with van der Waals surface area (Å²) in [5.74, 6) is 0.950. The summed E-state index contributed by atoms with van der Waals surface area (Å²) in [5, 5.41) is 0. The number of nitrogens with zero attached hydrogens (tertiary/aromatic N) is 1. The molecule has 1 saturated heterocycles. The van der Waals surface area contributed by atoms with Crippen molar-refractivity contribution in [1.29, 1.82) is 0 Å². The lowest BCUT2D eigenvalue weighted by molar-refractivity contribution is -0.124. The molecule has 0 radical (unpaired) electrons. The van der Waals surface area contributed by atoms with Crippen molar-refractivity contribution in [2.45, 2.75) is 12.8 Å². The number of fused-ring (bicyclic) bond motifs is 2. The second-order valence-electron chi connectivity index (χ2n) is 6.49. The molecule has 2 amide bonds. The lowest BCUT2D eigenvalue weighted by Crippen LogP contribution is -2.38. The van der Waals surface area contributed by atoms with Gasteiger partial charge in [0.1, 0.15) is 12.5 Å². The van der Waals surface area contributed by atoms with Crippen molar-refractivity contribution in [1.82, 2.24) is 0 Å². The normalized spacial score (nSPS) is 33.3. The van der Waals surface area contributed by atoms with Crippen LogP contribution in [0.15, 0.2) is 42.9 Å². The SMILES string of the molecule is O=C1C2C3C=CC(CC3)C2C(=O)N1c1ccc2c(c1)OC=CO2. The van der Waals surface area contributed by atoms with E-state index in [4.69, 9.17) is 9.47 Å². The number of hydrogen-bond acceptors (Lipinski definition) is 4. The van der Waals surface area contributed by atoms with Gasteiger partial charge in [-0.15, -0.1) is 0 Å². The Balaban J connectivity index is 1.55. The van der Waals surface area contributed by atoms with Crippen molar-refractivity contribution in [3.63, 3.8) is 0 Å². The number of amides is 2. The highest BCUT2D eigenvalue weighted by Crippen LogP contribution is 2.50. The lowest BCUT2D eigenvalue weighted by atomic mass is 9.63. The fourth-order valence-electron chi connectivity index (χ4n) is 4.36. The molecule has 1 aromatic carbocycles. The van der Waals surface area contributed by atoms with Gasteiger partial charge in [-0.05, 0) is 36.8 Å². The molecule has 4 unspecified atom stereocenters. The molecule has 2 fully saturated rings. The molecule has 0 aromatic heterocycles. The number of allylic oxidation sites excluding steroid dienone is 2. The third kappa shape index (κ3) is 1.67. The van der Waals surface area contributed by atoms with Crippen LogP contribution in [0.2, 0.25) is 0 Å². The number of benzene rings is 1. The predicted molar refractivity (Wildman–Crippen MR) is 81.7 cm³/mol. The molecular weight excluding hydrogens is 294 g/mol. The number of carbonyl (C=O) groups excluding carboxylic acids is 2. The van der Waals surface area contributed by atoms with Crippen molar-refractivity contribution in [2.75, 3.05) is 4.90 Å². The van der Waals surface area contributed by atoms with Gasteiger partial charge in [0.25, 0.3) is 0 Å². The maximum Gasteiger partial charge on any atom is 0.238 e. The first-order chi connectivity index (χ1) is 11.2. The van der Waals surface area contributed by atoms with Crippen LogP contribution in [-0.2, 0) is 9.59 Å². The van der Waals surface area contributed by atoms with Crippen LogP contribution in [0.1, 0.15) is 12.8 Å². The molecule has 23 heavy (non-hydrogen) atoms. The Morgan fingerprint density at radius 2 is 1.48 bits per heavy atom. The second-order valence-corrected chi connectivity index (χ2v) is 6.49. The highest BCUT2D eigenvalue weighted by Gasteiger charge is 2.56. The van der Waals surface area contributed by atoms with E-state index in [2.05, 4.69) is 12.2 Å². The summed E-state index contributed by atoms with van der Waals surface area (Å²) in [6.07, 6.45) is 9.13. The van der Waals surface area contributed by atoms with E-state index in [1.54, 1.807) is 18.2 Å². The number of rotatable bonds is 1. The van der Waals surface area contributed by atoms with Crippen molar-refractivity contribution < 1.29 is 19.1 Å². The van der Waals surface area contributed by atoms with Gasteiger partial charge in [-0.1, -0.05) is 12.2 Å². The van der Waals surface area contributed by atoms with Crippen LogP contribution in [0, 0.1) is 23.7 Å². The van der Waals surface area contributed by atoms with Crippen LogP contribution in [0.5, 0.6) is 11.5 Å². The maximum absolute atomic E-state index is 12.9.